The van der Waals surface area contributed by atoms with Gasteiger partial charge in [0, 0.05) is 43.8 Å². The minimum atomic E-state index is 0.440. The highest BCUT2D eigenvalue weighted by atomic mass is 16.5. The Morgan fingerprint density at radius 3 is 2.88 bits per heavy atom. The number of aromatic nitrogens is 3. The van der Waals surface area contributed by atoms with Gasteiger partial charge < -0.3 is 19.4 Å². The number of hydrogen-bond acceptors (Lipinski definition) is 5. The number of pyridine rings is 1. The zero-order chi connectivity index (χ0) is 17.3. The van der Waals surface area contributed by atoms with Crippen LogP contribution < -0.4 is 14.8 Å². The zero-order valence-corrected chi connectivity index (χ0v) is 14.3. The minimum absolute atomic E-state index is 0.440. The third kappa shape index (κ3) is 5.06. The van der Waals surface area contributed by atoms with Crippen LogP contribution in [0.25, 0.3) is 0 Å². The molecule has 0 aliphatic carbocycles. The van der Waals surface area contributed by atoms with Gasteiger partial charge in [0.05, 0.1) is 19.1 Å². The van der Waals surface area contributed by atoms with Gasteiger partial charge in [-0.1, -0.05) is 6.07 Å². The number of rotatable bonds is 9. The number of benzene rings is 1. The summed E-state index contributed by atoms with van der Waals surface area (Å²) in [4.78, 5) is 8.33. The summed E-state index contributed by atoms with van der Waals surface area (Å²) in [5, 5.41) is 3.43. The second-order valence-electron chi connectivity index (χ2n) is 5.56. The smallest absolute Gasteiger partial charge is 0.130 e. The number of imidazole rings is 1. The quantitative estimate of drug-likeness (QED) is 0.608. The lowest BCUT2D eigenvalue weighted by molar-refractivity contribution is 0.296. The Kier molecular flexibility index (Phi) is 6.01. The summed E-state index contributed by atoms with van der Waals surface area (Å²) in [5.41, 5.74) is 1.96. The van der Waals surface area contributed by atoms with E-state index in [-0.39, 0.29) is 0 Å². The Morgan fingerprint density at radius 1 is 1.16 bits per heavy atom. The molecule has 3 rings (SSSR count). The highest BCUT2D eigenvalue weighted by Crippen LogP contribution is 2.24. The molecule has 1 N–H and O–H groups in total. The van der Waals surface area contributed by atoms with Crippen LogP contribution in [-0.2, 0) is 19.7 Å². The summed E-state index contributed by atoms with van der Waals surface area (Å²) in [6.07, 6.45) is 7.32. The summed E-state index contributed by atoms with van der Waals surface area (Å²) in [6.45, 7) is 2.85. The SMILES string of the molecule is COc1ccc(OCc2ccccn2)c(CNCCn2ccnc2)c1. The Balaban J connectivity index is 1.59. The van der Waals surface area contributed by atoms with Gasteiger partial charge in [0.1, 0.15) is 18.1 Å². The predicted molar refractivity (Wildman–Crippen MR) is 95.5 cm³/mol. The highest BCUT2D eigenvalue weighted by Gasteiger charge is 2.07. The normalized spacial score (nSPS) is 10.6. The van der Waals surface area contributed by atoms with Crippen LogP contribution in [0.1, 0.15) is 11.3 Å². The van der Waals surface area contributed by atoms with Crippen molar-refractivity contribution in [1.82, 2.24) is 19.9 Å². The number of nitrogens with one attached hydrogen (secondary N) is 1. The third-order valence-corrected chi connectivity index (χ3v) is 3.79. The van der Waals surface area contributed by atoms with E-state index in [2.05, 4.69) is 15.3 Å². The molecule has 130 valence electrons. The summed E-state index contributed by atoms with van der Waals surface area (Å²) < 4.78 is 13.3. The van der Waals surface area contributed by atoms with Crippen molar-refractivity contribution in [3.8, 4) is 11.5 Å². The Morgan fingerprint density at radius 2 is 2.12 bits per heavy atom. The minimum Gasteiger partial charge on any atom is -0.497 e. The molecule has 0 amide bonds. The first-order valence-corrected chi connectivity index (χ1v) is 8.21. The fourth-order valence-electron chi connectivity index (χ4n) is 2.45. The third-order valence-electron chi connectivity index (χ3n) is 3.79. The van der Waals surface area contributed by atoms with Crippen molar-refractivity contribution in [2.75, 3.05) is 13.7 Å². The molecule has 0 unspecified atom stereocenters. The van der Waals surface area contributed by atoms with Gasteiger partial charge in [0.15, 0.2) is 0 Å². The molecule has 6 nitrogen and oxygen atoms in total. The molecule has 6 heteroatoms. The first-order valence-electron chi connectivity index (χ1n) is 8.21. The Hall–Kier alpha value is -2.86. The van der Waals surface area contributed by atoms with Crippen LogP contribution in [0.4, 0.5) is 0 Å². The van der Waals surface area contributed by atoms with Gasteiger partial charge in [-0.25, -0.2) is 4.98 Å². The van der Waals surface area contributed by atoms with Crippen LogP contribution in [0.3, 0.4) is 0 Å². The second-order valence-corrected chi connectivity index (χ2v) is 5.56. The van der Waals surface area contributed by atoms with Crippen LogP contribution >= 0.6 is 0 Å². The Bertz CT molecular complexity index is 760. The van der Waals surface area contributed by atoms with Crippen molar-refractivity contribution in [3.63, 3.8) is 0 Å². The van der Waals surface area contributed by atoms with Crippen LogP contribution in [0.15, 0.2) is 61.3 Å². The molecular weight excluding hydrogens is 316 g/mol. The molecule has 0 radical (unpaired) electrons. The van der Waals surface area contributed by atoms with E-state index >= 15 is 0 Å². The van der Waals surface area contributed by atoms with Crippen molar-refractivity contribution in [3.05, 3.63) is 72.6 Å². The number of nitrogens with zero attached hydrogens (tertiary/aromatic N) is 3. The molecule has 0 fully saturated rings. The van der Waals surface area contributed by atoms with Gasteiger partial charge in [0.2, 0.25) is 0 Å². The van der Waals surface area contributed by atoms with E-state index in [1.807, 2.05) is 53.5 Å². The zero-order valence-electron chi connectivity index (χ0n) is 14.3. The van der Waals surface area contributed by atoms with E-state index in [1.54, 1.807) is 19.5 Å². The fraction of sp³-hybridized carbons (Fsp3) is 0.263. The van der Waals surface area contributed by atoms with Crippen LogP contribution in [0.2, 0.25) is 0 Å². The van der Waals surface area contributed by atoms with Crippen LogP contribution in [0, 0.1) is 0 Å². The van der Waals surface area contributed by atoms with Gasteiger partial charge in [-0.2, -0.15) is 0 Å². The lowest BCUT2D eigenvalue weighted by Gasteiger charge is -2.14. The maximum absolute atomic E-state index is 5.95. The standard InChI is InChI=1S/C19H22N4O2/c1-24-18-5-6-19(25-14-17-4-2-3-7-22-17)16(12-18)13-20-8-10-23-11-9-21-15-23/h2-7,9,11-12,15,20H,8,10,13-14H2,1H3. The van der Waals surface area contributed by atoms with Crippen LogP contribution in [-0.4, -0.2) is 28.2 Å². The average molecular weight is 338 g/mol. The summed E-state index contributed by atoms with van der Waals surface area (Å²) in [6, 6.07) is 11.6. The van der Waals surface area contributed by atoms with E-state index < -0.39 is 0 Å². The van der Waals surface area contributed by atoms with E-state index in [0.29, 0.717) is 13.2 Å². The van der Waals surface area contributed by atoms with Crippen molar-refractivity contribution < 1.29 is 9.47 Å². The van der Waals surface area contributed by atoms with Gasteiger partial charge in [0.25, 0.3) is 0 Å². The molecule has 0 atom stereocenters. The summed E-state index contributed by atoms with van der Waals surface area (Å²) in [7, 11) is 1.67. The van der Waals surface area contributed by atoms with Crippen molar-refractivity contribution in [1.29, 1.82) is 0 Å². The largest absolute Gasteiger partial charge is 0.497 e. The van der Waals surface area contributed by atoms with Gasteiger partial charge >= 0.3 is 0 Å². The molecule has 2 aromatic heterocycles. The number of methoxy groups -OCH3 is 1. The Labute approximate surface area is 147 Å². The molecular formula is C19H22N4O2. The maximum Gasteiger partial charge on any atom is 0.130 e. The van der Waals surface area contributed by atoms with Gasteiger partial charge in [-0.3, -0.25) is 4.98 Å². The monoisotopic (exact) mass is 338 g/mol. The van der Waals surface area contributed by atoms with E-state index in [0.717, 1.165) is 35.8 Å². The topological polar surface area (TPSA) is 61.2 Å². The molecule has 0 bridgehead atoms. The first kappa shape index (κ1) is 17.0. The lowest BCUT2D eigenvalue weighted by Crippen LogP contribution is -2.19. The summed E-state index contributed by atoms with van der Waals surface area (Å²) >= 11 is 0. The predicted octanol–water partition coefficient (Wildman–Crippen LogP) is 2.66. The molecule has 2 heterocycles. The molecule has 0 saturated heterocycles. The number of hydrogen-bond donors (Lipinski definition) is 1. The van der Waals surface area contributed by atoms with Crippen LogP contribution in [0.5, 0.6) is 11.5 Å². The van der Waals surface area contributed by atoms with E-state index in [9.17, 15) is 0 Å². The lowest BCUT2D eigenvalue weighted by atomic mass is 10.2. The maximum atomic E-state index is 5.95. The molecule has 1 aromatic carbocycles. The average Bonchev–Trinajstić information content (AvgIpc) is 3.18. The van der Waals surface area contributed by atoms with E-state index in [1.165, 1.54) is 0 Å². The molecule has 0 aliphatic rings. The molecule has 0 saturated carbocycles. The van der Waals surface area contributed by atoms with Crippen molar-refractivity contribution >= 4 is 0 Å². The van der Waals surface area contributed by atoms with Crippen molar-refractivity contribution in [2.24, 2.45) is 0 Å². The highest BCUT2D eigenvalue weighted by molar-refractivity contribution is 5.40. The molecule has 0 aliphatic heterocycles. The second kappa shape index (κ2) is 8.84. The molecule has 0 spiro atoms. The summed E-state index contributed by atoms with van der Waals surface area (Å²) in [5.74, 6) is 1.65. The van der Waals surface area contributed by atoms with Gasteiger partial charge in [-0.15, -0.1) is 0 Å². The van der Waals surface area contributed by atoms with Crippen molar-refractivity contribution in [2.45, 2.75) is 19.7 Å². The molecule has 25 heavy (non-hydrogen) atoms. The van der Waals surface area contributed by atoms with Gasteiger partial charge in [-0.05, 0) is 30.3 Å². The fourth-order valence-corrected chi connectivity index (χ4v) is 2.45. The number of ether oxygens (including phenoxy) is 2. The molecule has 3 aromatic rings. The van der Waals surface area contributed by atoms with E-state index in [4.69, 9.17) is 9.47 Å². The first-order chi connectivity index (χ1) is 12.3.